The van der Waals surface area contributed by atoms with Crippen LogP contribution in [0.2, 0.25) is 0 Å². The molecule has 0 spiro atoms. The Morgan fingerprint density at radius 1 is 1.20 bits per heavy atom. The Balaban J connectivity index is 1.65. The first kappa shape index (κ1) is 12.5. The normalized spacial score (nSPS) is 10.4. The van der Waals surface area contributed by atoms with Gasteiger partial charge in [-0.15, -0.1) is 21.5 Å². The molecule has 2 aromatic heterocycles. The van der Waals surface area contributed by atoms with E-state index in [1.54, 1.807) is 0 Å². The molecule has 0 bridgehead atoms. The largest absolute Gasteiger partial charge is 0.324 e. The monoisotopic (exact) mass is 285 g/mol. The third-order valence-electron chi connectivity index (χ3n) is 2.54. The van der Waals surface area contributed by atoms with Gasteiger partial charge in [-0.05, 0) is 28.8 Å². The fourth-order valence-electron chi connectivity index (χ4n) is 1.67. The van der Waals surface area contributed by atoms with E-state index in [1.165, 1.54) is 16.1 Å². The molecule has 0 saturated heterocycles. The molecule has 0 unspecified atom stereocenters. The molecule has 0 aliphatic heterocycles. The topological polar surface area (TPSA) is 72.7 Å². The van der Waals surface area contributed by atoms with Gasteiger partial charge in [-0.2, -0.15) is 4.80 Å². The van der Waals surface area contributed by atoms with Crippen molar-refractivity contribution < 1.29 is 4.79 Å². The van der Waals surface area contributed by atoms with E-state index in [0.717, 1.165) is 10.6 Å². The second-order valence-corrected chi connectivity index (χ2v) is 4.98. The molecule has 6 nitrogen and oxygen atoms in total. The molecule has 0 saturated carbocycles. The number of carbonyl (C=O) groups excluding carboxylic acids is 1. The zero-order chi connectivity index (χ0) is 13.8. The number of aromatic nitrogens is 4. The van der Waals surface area contributed by atoms with Gasteiger partial charge in [0, 0.05) is 5.69 Å². The lowest BCUT2D eigenvalue weighted by Gasteiger charge is -2.03. The predicted molar refractivity (Wildman–Crippen MR) is 76.2 cm³/mol. The summed E-state index contributed by atoms with van der Waals surface area (Å²) in [7, 11) is 0. The van der Waals surface area contributed by atoms with Gasteiger partial charge in [0.15, 0.2) is 0 Å². The van der Waals surface area contributed by atoms with Crippen molar-refractivity contribution >= 4 is 22.9 Å². The maximum Gasteiger partial charge on any atom is 0.248 e. The van der Waals surface area contributed by atoms with E-state index in [-0.39, 0.29) is 12.5 Å². The minimum Gasteiger partial charge on any atom is -0.324 e. The predicted octanol–water partition coefficient (Wildman–Crippen LogP) is 2.04. The smallest absolute Gasteiger partial charge is 0.248 e. The first-order chi connectivity index (χ1) is 9.81. The summed E-state index contributed by atoms with van der Waals surface area (Å²) >= 11 is 1.53. The molecule has 7 heteroatoms. The van der Waals surface area contributed by atoms with Crippen LogP contribution < -0.4 is 5.32 Å². The van der Waals surface area contributed by atoms with Crippen LogP contribution in [0.25, 0.3) is 10.7 Å². The molecule has 0 fully saturated rings. The Hall–Kier alpha value is -2.54. The number of rotatable bonds is 4. The molecule has 0 aliphatic rings. The van der Waals surface area contributed by atoms with Gasteiger partial charge in [0.05, 0.1) is 4.88 Å². The number of hydrogen-bond acceptors (Lipinski definition) is 5. The summed E-state index contributed by atoms with van der Waals surface area (Å²) < 4.78 is 0. The van der Waals surface area contributed by atoms with E-state index in [0.29, 0.717) is 5.82 Å². The lowest BCUT2D eigenvalue weighted by Crippen LogP contribution is -2.20. The summed E-state index contributed by atoms with van der Waals surface area (Å²) in [5, 5.41) is 16.7. The molecule has 20 heavy (non-hydrogen) atoms. The number of amides is 1. The van der Waals surface area contributed by atoms with Crippen LogP contribution in [-0.2, 0) is 11.3 Å². The van der Waals surface area contributed by atoms with Crippen molar-refractivity contribution in [1.29, 1.82) is 0 Å². The van der Waals surface area contributed by atoms with E-state index in [4.69, 9.17) is 0 Å². The highest BCUT2D eigenvalue weighted by molar-refractivity contribution is 7.13. The van der Waals surface area contributed by atoms with Gasteiger partial charge in [0.25, 0.3) is 0 Å². The van der Waals surface area contributed by atoms with Crippen LogP contribution >= 0.6 is 11.3 Å². The third-order valence-corrected chi connectivity index (χ3v) is 3.40. The fourth-order valence-corrected chi connectivity index (χ4v) is 2.31. The Labute approximate surface area is 119 Å². The number of thiophene rings is 1. The van der Waals surface area contributed by atoms with Gasteiger partial charge in [0.2, 0.25) is 11.7 Å². The number of anilines is 1. The second-order valence-electron chi connectivity index (χ2n) is 4.03. The molecule has 0 aliphatic carbocycles. The first-order valence-electron chi connectivity index (χ1n) is 5.98. The van der Waals surface area contributed by atoms with E-state index in [1.807, 2.05) is 47.8 Å². The molecule has 3 aromatic rings. The number of nitrogens with one attached hydrogen (secondary N) is 1. The second kappa shape index (κ2) is 5.62. The van der Waals surface area contributed by atoms with Gasteiger partial charge < -0.3 is 5.32 Å². The first-order valence-corrected chi connectivity index (χ1v) is 6.86. The maximum absolute atomic E-state index is 11.8. The molecular weight excluding hydrogens is 274 g/mol. The summed E-state index contributed by atoms with van der Waals surface area (Å²) in [4.78, 5) is 14.1. The van der Waals surface area contributed by atoms with Crippen LogP contribution in [0.1, 0.15) is 0 Å². The summed E-state index contributed by atoms with van der Waals surface area (Å²) in [5.41, 5.74) is 0.746. The van der Waals surface area contributed by atoms with Crippen LogP contribution in [0.4, 0.5) is 5.69 Å². The van der Waals surface area contributed by atoms with Crippen LogP contribution in [0, 0.1) is 0 Å². The number of nitrogens with zero attached hydrogens (tertiary/aromatic N) is 4. The van der Waals surface area contributed by atoms with Crippen molar-refractivity contribution in [3.05, 3.63) is 47.8 Å². The Morgan fingerprint density at radius 3 is 2.80 bits per heavy atom. The van der Waals surface area contributed by atoms with E-state index in [9.17, 15) is 4.79 Å². The molecule has 1 aromatic carbocycles. The average Bonchev–Trinajstić information content (AvgIpc) is 3.10. The number of carbonyl (C=O) groups is 1. The van der Waals surface area contributed by atoms with Gasteiger partial charge in [0.1, 0.15) is 6.54 Å². The van der Waals surface area contributed by atoms with Crippen LogP contribution in [0.3, 0.4) is 0 Å². The highest BCUT2D eigenvalue weighted by atomic mass is 32.1. The molecule has 0 radical (unpaired) electrons. The minimum atomic E-state index is -0.189. The molecule has 1 N–H and O–H groups in total. The van der Waals surface area contributed by atoms with Crippen molar-refractivity contribution in [2.24, 2.45) is 0 Å². The van der Waals surface area contributed by atoms with Gasteiger partial charge in [-0.25, -0.2) is 0 Å². The van der Waals surface area contributed by atoms with Gasteiger partial charge >= 0.3 is 0 Å². The molecule has 3 rings (SSSR count). The Bertz CT molecular complexity index is 693. The SMILES string of the molecule is O=C(Cn1nnc(-c2cccs2)n1)Nc1ccccc1. The summed E-state index contributed by atoms with van der Waals surface area (Å²) in [6.45, 7) is 0.0350. The van der Waals surface area contributed by atoms with Gasteiger partial charge in [-0.1, -0.05) is 24.3 Å². The van der Waals surface area contributed by atoms with E-state index >= 15 is 0 Å². The van der Waals surface area contributed by atoms with Crippen molar-refractivity contribution in [2.75, 3.05) is 5.32 Å². The zero-order valence-corrected chi connectivity index (χ0v) is 11.2. The van der Waals surface area contributed by atoms with Crippen LogP contribution in [0.15, 0.2) is 47.8 Å². The number of benzene rings is 1. The van der Waals surface area contributed by atoms with Gasteiger partial charge in [-0.3, -0.25) is 4.79 Å². The average molecular weight is 285 g/mol. The molecule has 0 atom stereocenters. The Morgan fingerprint density at radius 2 is 2.05 bits per heavy atom. The Kier molecular flexibility index (Phi) is 3.51. The van der Waals surface area contributed by atoms with E-state index in [2.05, 4.69) is 20.7 Å². The quantitative estimate of drug-likeness (QED) is 0.796. The highest BCUT2D eigenvalue weighted by Gasteiger charge is 2.09. The lowest BCUT2D eigenvalue weighted by atomic mass is 10.3. The molecular formula is C13H11N5OS. The summed E-state index contributed by atoms with van der Waals surface area (Å²) in [6, 6.07) is 13.1. The third kappa shape index (κ3) is 2.89. The number of tetrazole rings is 1. The van der Waals surface area contributed by atoms with E-state index < -0.39 is 0 Å². The maximum atomic E-state index is 11.8. The van der Waals surface area contributed by atoms with Crippen molar-refractivity contribution in [1.82, 2.24) is 20.2 Å². The molecule has 100 valence electrons. The standard InChI is InChI=1S/C13H11N5OS/c19-12(14-10-5-2-1-3-6-10)9-18-16-13(15-17-18)11-7-4-8-20-11/h1-8H,9H2,(H,14,19). The fraction of sp³-hybridized carbons (Fsp3) is 0.0769. The van der Waals surface area contributed by atoms with Crippen molar-refractivity contribution in [3.63, 3.8) is 0 Å². The summed E-state index contributed by atoms with van der Waals surface area (Å²) in [5.74, 6) is 0.346. The number of para-hydroxylation sites is 1. The molecule has 1 amide bonds. The highest BCUT2D eigenvalue weighted by Crippen LogP contribution is 2.19. The van der Waals surface area contributed by atoms with Crippen LogP contribution in [0.5, 0.6) is 0 Å². The summed E-state index contributed by atoms with van der Waals surface area (Å²) in [6.07, 6.45) is 0. The van der Waals surface area contributed by atoms with Crippen molar-refractivity contribution in [2.45, 2.75) is 6.54 Å². The molecule has 2 heterocycles. The number of hydrogen-bond donors (Lipinski definition) is 1. The van der Waals surface area contributed by atoms with Crippen LogP contribution in [-0.4, -0.2) is 26.1 Å². The zero-order valence-electron chi connectivity index (χ0n) is 10.4. The lowest BCUT2D eigenvalue weighted by molar-refractivity contribution is -0.117. The van der Waals surface area contributed by atoms with Crippen molar-refractivity contribution in [3.8, 4) is 10.7 Å². The minimum absolute atomic E-state index is 0.0350.